The summed E-state index contributed by atoms with van der Waals surface area (Å²) in [4.78, 5) is 0. The fourth-order valence-electron chi connectivity index (χ4n) is 3.69. The third-order valence-corrected chi connectivity index (χ3v) is 5.14. The smallest absolute Gasteiger partial charge is 0.124 e. The van der Waals surface area contributed by atoms with Gasteiger partial charge in [0.15, 0.2) is 0 Å². The highest BCUT2D eigenvalue weighted by molar-refractivity contribution is 9.10. The van der Waals surface area contributed by atoms with Gasteiger partial charge in [0, 0.05) is 10.0 Å². The zero-order valence-electron chi connectivity index (χ0n) is 11.2. The first kappa shape index (κ1) is 13.6. The Balaban J connectivity index is 1.72. The molecule has 0 spiro atoms. The van der Waals surface area contributed by atoms with Crippen molar-refractivity contribution in [2.24, 2.45) is 17.6 Å². The van der Waals surface area contributed by atoms with Crippen LogP contribution in [0, 0.1) is 17.7 Å². The van der Waals surface area contributed by atoms with Gasteiger partial charge in [0.2, 0.25) is 0 Å². The SMILES string of the molecule is NC1(Cc2cc(F)cc(Br)c2)CCCC(C2CC2)C1. The van der Waals surface area contributed by atoms with E-state index in [1.807, 2.05) is 6.07 Å². The average molecular weight is 326 g/mol. The number of benzene rings is 1. The maximum Gasteiger partial charge on any atom is 0.124 e. The fourth-order valence-corrected chi connectivity index (χ4v) is 4.21. The number of halogens is 2. The zero-order valence-corrected chi connectivity index (χ0v) is 12.8. The van der Waals surface area contributed by atoms with Crippen molar-refractivity contribution in [1.82, 2.24) is 0 Å². The van der Waals surface area contributed by atoms with E-state index in [0.717, 1.165) is 41.1 Å². The van der Waals surface area contributed by atoms with Gasteiger partial charge in [-0.15, -0.1) is 0 Å². The summed E-state index contributed by atoms with van der Waals surface area (Å²) < 4.78 is 14.3. The second-order valence-electron chi connectivity index (χ2n) is 6.51. The third-order valence-electron chi connectivity index (χ3n) is 4.69. The number of rotatable bonds is 3. The van der Waals surface area contributed by atoms with Crippen molar-refractivity contribution in [2.75, 3.05) is 0 Å². The molecule has 2 aliphatic carbocycles. The lowest BCUT2D eigenvalue weighted by atomic mass is 9.72. The molecule has 2 N–H and O–H groups in total. The molecule has 104 valence electrons. The molecule has 2 atom stereocenters. The van der Waals surface area contributed by atoms with Crippen LogP contribution in [0.5, 0.6) is 0 Å². The van der Waals surface area contributed by atoms with Crippen molar-refractivity contribution in [2.45, 2.75) is 50.5 Å². The number of hydrogen-bond acceptors (Lipinski definition) is 1. The van der Waals surface area contributed by atoms with Crippen LogP contribution in [0.25, 0.3) is 0 Å². The normalized spacial score (nSPS) is 31.4. The van der Waals surface area contributed by atoms with Crippen LogP contribution in [0.4, 0.5) is 4.39 Å². The van der Waals surface area contributed by atoms with Crippen LogP contribution in [0.15, 0.2) is 22.7 Å². The Morgan fingerprint density at radius 1 is 1.21 bits per heavy atom. The van der Waals surface area contributed by atoms with Crippen LogP contribution in [0.1, 0.15) is 44.1 Å². The van der Waals surface area contributed by atoms with Gasteiger partial charge in [-0.25, -0.2) is 4.39 Å². The minimum atomic E-state index is -0.178. The van der Waals surface area contributed by atoms with E-state index in [4.69, 9.17) is 5.73 Å². The molecular formula is C16H21BrFN. The van der Waals surface area contributed by atoms with E-state index in [1.165, 1.54) is 31.7 Å². The van der Waals surface area contributed by atoms with Crippen LogP contribution in [-0.2, 0) is 6.42 Å². The van der Waals surface area contributed by atoms with Gasteiger partial charge >= 0.3 is 0 Å². The van der Waals surface area contributed by atoms with Crippen molar-refractivity contribution in [3.63, 3.8) is 0 Å². The Bertz CT molecular complexity index is 452. The molecule has 1 nitrogen and oxygen atoms in total. The lowest BCUT2D eigenvalue weighted by molar-refractivity contribution is 0.204. The maximum atomic E-state index is 13.5. The molecular weight excluding hydrogens is 305 g/mol. The van der Waals surface area contributed by atoms with Crippen molar-refractivity contribution in [3.8, 4) is 0 Å². The van der Waals surface area contributed by atoms with Gasteiger partial charge in [0.05, 0.1) is 0 Å². The highest BCUT2D eigenvalue weighted by Crippen LogP contribution is 2.46. The molecule has 19 heavy (non-hydrogen) atoms. The predicted octanol–water partition coefficient (Wildman–Crippen LogP) is 4.43. The van der Waals surface area contributed by atoms with Gasteiger partial charge < -0.3 is 5.73 Å². The molecule has 1 aromatic carbocycles. The first-order chi connectivity index (χ1) is 9.04. The van der Waals surface area contributed by atoms with E-state index < -0.39 is 0 Å². The summed E-state index contributed by atoms with van der Waals surface area (Å²) in [6, 6.07) is 5.12. The Labute approximate surface area is 122 Å². The summed E-state index contributed by atoms with van der Waals surface area (Å²) in [7, 11) is 0. The molecule has 2 fully saturated rings. The second-order valence-corrected chi connectivity index (χ2v) is 7.43. The van der Waals surface area contributed by atoms with Crippen molar-refractivity contribution >= 4 is 15.9 Å². The Morgan fingerprint density at radius 2 is 2.00 bits per heavy atom. The van der Waals surface area contributed by atoms with Gasteiger partial charge in [0.25, 0.3) is 0 Å². The van der Waals surface area contributed by atoms with Crippen molar-refractivity contribution < 1.29 is 4.39 Å². The van der Waals surface area contributed by atoms with Crippen LogP contribution < -0.4 is 5.73 Å². The van der Waals surface area contributed by atoms with Gasteiger partial charge in [-0.2, -0.15) is 0 Å². The highest BCUT2D eigenvalue weighted by Gasteiger charge is 2.39. The molecule has 0 heterocycles. The van der Waals surface area contributed by atoms with E-state index >= 15 is 0 Å². The van der Waals surface area contributed by atoms with Gasteiger partial charge in [-0.3, -0.25) is 0 Å². The topological polar surface area (TPSA) is 26.0 Å². The molecule has 3 rings (SSSR count). The summed E-state index contributed by atoms with van der Waals surface area (Å²) in [6.45, 7) is 0. The summed E-state index contributed by atoms with van der Waals surface area (Å²) in [5.74, 6) is 1.57. The summed E-state index contributed by atoms with van der Waals surface area (Å²) in [6.07, 6.45) is 8.35. The third kappa shape index (κ3) is 3.38. The molecule has 3 heteroatoms. The molecule has 2 unspecified atom stereocenters. The van der Waals surface area contributed by atoms with Crippen molar-refractivity contribution in [1.29, 1.82) is 0 Å². The summed E-state index contributed by atoms with van der Waals surface area (Å²) >= 11 is 3.36. The molecule has 0 aliphatic heterocycles. The van der Waals surface area contributed by atoms with Gasteiger partial charge in [0.1, 0.15) is 5.82 Å². The minimum absolute atomic E-state index is 0.126. The van der Waals surface area contributed by atoms with Crippen LogP contribution in [-0.4, -0.2) is 5.54 Å². The van der Waals surface area contributed by atoms with Crippen LogP contribution >= 0.6 is 15.9 Å². The Hall–Kier alpha value is -0.410. The largest absolute Gasteiger partial charge is 0.325 e. The average Bonchev–Trinajstić information content (AvgIpc) is 3.10. The van der Waals surface area contributed by atoms with E-state index in [2.05, 4.69) is 15.9 Å². The monoisotopic (exact) mass is 325 g/mol. The maximum absolute atomic E-state index is 13.5. The second kappa shape index (κ2) is 5.17. The number of hydrogen-bond donors (Lipinski definition) is 1. The molecule has 0 aromatic heterocycles. The van der Waals surface area contributed by atoms with Crippen molar-refractivity contribution in [3.05, 3.63) is 34.1 Å². The molecule has 0 bridgehead atoms. The standard InChI is InChI=1S/C16H21BrFN/c17-14-6-11(7-15(18)8-14)9-16(19)5-1-2-13(10-16)12-3-4-12/h6-8,12-13H,1-5,9-10,19H2. The Kier molecular flexibility index (Phi) is 3.69. The summed E-state index contributed by atoms with van der Waals surface area (Å²) in [5, 5.41) is 0. The molecule has 0 amide bonds. The molecule has 1 aromatic rings. The van der Waals surface area contributed by atoms with E-state index in [-0.39, 0.29) is 11.4 Å². The summed E-state index contributed by atoms with van der Waals surface area (Å²) in [5.41, 5.74) is 7.50. The highest BCUT2D eigenvalue weighted by atomic mass is 79.9. The first-order valence-electron chi connectivity index (χ1n) is 7.28. The quantitative estimate of drug-likeness (QED) is 0.874. The van der Waals surface area contributed by atoms with Gasteiger partial charge in [-0.1, -0.05) is 28.8 Å². The zero-order chi connectivity index (χ0) is 13.5. The Morgan fingerprint density at radius 3 is 2.68 bits per heavy atom. The van der Waals surface area contributed by atoms with Gasteiger partial charge in [-0.05, 0) is 67.7 Å². The lowest BCUT2D eigenvalue weighted by Gasteiger charge is -2.38. The predicted molar refractivity (Wildman–Crippen MR) is 79.4 cm³/mol. The fraction of sp³-hybridized carbons (Fsp3) is 0.625. The van der Waals surface area contributed by atoms with E-state index in [9.17, 15) is 4.39 Å². The lowest BCUT2D eigenvalue weighted by Crippen LogP contribution is -2.46. The number of nitrogens with two attached hydrogens (primary N) is 1. The van der Waals surface area contributed by atoms with Crippen LogP contribution in [0.3, 0.4) is 0 Å². The van der Waals surface area contributed by atoms with Crippen LogP contribution in [0.2, 0.25) is 0 Å². The molecule has 2 saturated carbocycles. The first-order valence-corrected chi connectivity index (χ1v) is 8.07. The molecule has 0 radical (unpaired) electrons. The molecule has 0 saturated heterocycles. The van der Waals surface area contributed by atoms with E-state index in [0.29, 0.717) is 0 Å². The molecule has 2 aliphatic rings. The minimum Gasteiger partial charge on any atom is -0.325 e. The van der Waals surface area contributed by atoms with E-state index in [1.54, 1.807) is 6.07 Å².